The van der Waals surface area contributed by atoms with Crippen molar-refractivity contribution in [2.45, 2.75) is 11.5 Å². The molecule has 0 bridgehead atoms. The molecule has 31 heavy (non-hydrogen) atoms. The second-order valence-electron chi connectivity index (χ2n) is 6.27. The maximum atomic E-state index is 12.7. The number of rotatable bonds is 8. The Morgan fingerprint density at radius 1 is 1.19 bits per heavy atom. The van der Waals surface area contributed by atoms with Gasteiger partial charge in [0.1, 0.15) is 11.4 Å². The molecule has 2 aromatic rings. The smallest absolute Gasteiger partial charge is 0.387 e. The lowest BCUT2D eigenvalue weighted by Crippen LogP contribution is -2.40. The van der Waals surface area contributed by atoms with Gasteiger partial charge in [0.25, 0.3) is 5.69 Å². The number of halogens is 2. The molecule has 0 atom stereocenters. The molecule has 3 rings (SSSR count). The van der Waals surface area contributed by atoms with Gasteiger partial charge >= 0.3 is 6.61 Å². The molecule has 1 N–H and O–H groups in total. The van der Waals surface area contributed by atoms with Crippen LogP contribution in [0.1, 0.15) is 5.56 Å². The number of alkyl halides is 2. The molecule has 166 valence electrons. The Morgan fingerprint density at radius 2 is 1.87 bits per heavy atom. The largest absolute Gasteiger partial charge is 0.435 e. The molecular weight excluding hydrogens is 438 g/mol. The van der Waals surface area contributed by atoms with Crippen LogP contribution in [-0.4, -0.2) is 56.8 Å². The summed E-state index contributed by atoms with van der Waals surface area (Å²) in [5.74, 6) is -0.0205. The van der Waals surface area contributed by atoms with Crippen LogP contribution in [0.2, 0.25) is 0 Å². The predicted octanol–water partition coefficient (Wildman–Crippen LogP) is 2.66. The number of nitro groups is 1. The zero-order valence-corrected chi connectivity index (χ0v) is 16.8. The minimum atomic E-state index is -3.89. The molecule has 1 heterocycles. The maximum Gasteiger partial charge on any atom is 0.387 e. The minimum absolute atomic E-state index is 0.0140. The summed E-state index contributed by atoms with van der Waals surface area (Å²) in [5, 5.41) is 15.3. The Hall–Kier alpha value is -3.16. The van der Waals surface area contributed by atoms with Crippen molar-refractivity contribution < 1.29 is 31.6 Å². The van der Waals surface area contributed by atoms with Crippen LogP contribution in [0.5, 0.6) is 5.75 Å². The lowest BCUT2D eigenvalue weighted by atomic mass is 10.2. The average Bonchev–Trinajstić information content (AvgIpc) is 2.75. The van der Waals surface area contributed by atoms with Crippen LogP contribution in [0.15, 0.2) is 52.5 Å². The topological polar surface area (TPSA) is 123 Å². The maximum absolute atomic E-state index is 12.7. The monoisotopic (exact) mass is 456 g/mol. The van der Waals surface area contributed by atoms with Crippen molar-refractivity contribution in [2.24, 2.45) is 5.10 Å². The molecule has 0 unspecified atom stereocenters. The molecule has 2 aromatic carbocycles. The highest BCUT2D eigenvalue weighted by Gasteiger charge is 2.28. The lowest BCUT2D eigenvalue weighted by Gasteiger charge is -2.26. The van der Waals surface area contributed by atoms with E-state index in [1.807, 2.05) is 0 Å². The molecule has 1 aliphatic heterocycles. The molecular formula is C18H18F2N4O6S. The van der Waals surface area contributed by atoms with E-state index in [1.165, 1.54) is 46.9 Å². The number of sulfonamides is 1. The summed E-state index contributed by atoms with van der Waals surface area (Å²) in [6, 6.07) is 9.06. The van der Waals surface area contributed by atoms with Gasteiger partial charge < -0.3 is 9.47 Å². The fraction of sp³-hybridized carbons (Fsp3) is 0.278. The van der Waals surface area contributed by atoms with E-state index in [2.05, 4.69) is 15.3 Å². The summed E-state index contributed by atoms with van der Waals surface area (Å²) in [6.45, 7) is -2.09. The van der Waals surface area contributed by atoms with Gasteiger partial charge in [-0.25, -0.2) is 8.42 Å². The van der Waals surface area contributed by atoms with Crippen molar-refractivity contribution >= 4 is 27.6 Å². The van der Waals surface area contributed by atoms with Crippen molar-refractivity contribution in [3.8, 4) is 5.75 Å². The van der Waals surface area contributed by atoms with Gasteiger partial charge in [0.05, 0.1) is 29.2 Å². The third-order valence-electron chi connectivity index (χ3n) is 4.28. The Kier molecular flexibility index (Phi) is 7.09. The van der Waals surface area contributed by atoms with Crippen LogP contribution in [0.25, 0.3) is 0 Å². The first kappa shape index (κ1) is 22.5. The molecule has 0 aromatic heterocycles. The SMILES string of the molecule is O=[N+]([O-])c1cc(S(=O)(=O)N2CCOCC2)ccc1N/N=C\c1ccc(OC(F)F)cc1. The van der Waals surface area contributed by atoms with Gasteiger partial charge in [-0.2, -0.15) is 18.2 Å². The van der Waals surface area contributed by atoms with E-state index >= 15 is 0 Å². The highest BCUT2D eigenvalue weighted by Crippen LogP contribution is 2.29. The zero-order chi connectivity index (χ0) is 22.4. The number of benzene rings is 2. The molecule has 10 nitrogen and oxygen atoms in total. The van der Waals surface area contributed by atoms with E-state index in [9.17, 15) is 27.3 Å². The number of hydrazone groups is 1. The molecule has 1 saturated heterocycles. The Balaban J connectivity index is 1.75. The van der Waals surface area contributed by atoms with Gasteiger partial charge in [-0.15, -0.1) is 0 Å². The van der Waals surface area contributed by atoms with E-state index in [0.717, 1.165) is 6.07 Å². The zero-order valence-electron chi connectivity index (χ0n) is 16.0. The van der Waals surface area contributed by atoms with Gasteiger partial charge in [0, 0.05) is 19.2 Å². The van der Waals surface area contributed by atoms with Crippen molar-refractivity contribution in [1.29, 1.82) is 0 Å². The molecule has 1 aliphatic rings. The third-order valence-corrected chi connectivity index (χ3v) is 6.17. The Morgan fingerprint density at radius 3 is 2.48 bits per heavy atom. The number of ether oxygens (including phenoxy) is 2. The van der Waals surface area contributed by atoms with Gasteiger partial charge in [-0.1, -0.05) is 0 Å². The quantitative estimate of drug-likeness (QED) is 0.368. The highest BCUT2D eigenvalue weighted by atomic mass is 32.2. The van der Waals surface area contributed by atoms with Crippen LogP contribution in [0, 0.1) is 10.1 Å². The summed E-state index contributed by atoms with van der Waals surface area (Å²) in [6.07, 6.45) is 1.31. The van der Waals surface area contributed by atoms with Crippen molar-refractivity contribution in [2.75, 3.05) is 31.7 Å². The van der Waals surface area contributed by atoms with Crippen molar-refractivity contribution in [1.82, 2.24) is 4.31 Å². The number of anilines is 1. The number of nitro benzene ring substituents is 1. The number of nitrogens with one attached hydrogen (secondary N) is 1. The van der Waals surface area contributed by atoms with Crippen molar-refractivity contribution in [3.05, 3.63) is 58.1 Å². The highest BCUT2D eigenvalue weighted by molar-refractivity contribution is 7.89. The van der Waals surface area contributed by atoms with Crippen LogP contribution < -0.4 is 10.2 Å². The Labute approximate surface area is 176 Å². The molecule has 0 radical (unpaired) electrons. The van der Waals surface area contributed by atoms with E-state index in [1.54, 1.807) is 0 Å². The van der Waals surface area contributed by atoms with E-state index in [0.29, 0.717) is 5.56 Å². The molecule has 0 saturated carbocycles. The number of hydrogen-bond acceptors (Lipinski definition) is 8. The normalized spacial score (nSPS) is 15.3. The second-order valence-corrected chi connectivity index (χ2v) is 8.21. The predicted molar refractivity (Wildman–Crippen MR) is 107 cm³/mol. The average molecular weight is 456 g/mol. The van der Waals surface area contributed by atoms with Crippen LogP contribution >= 0.6 is 0 Å². The lowest BCUT2D eigenvalue weighted by molar-refractivity contribution is -0.384. The summed E-state index contributed by atoms with van der Waals surface area (Å²) < 4.78 is 60.3. The molecule has 0 aliphatic carbocycles. The molecule has 13 heteroatoms. The van der Waals surface area contributed by atoms with Gasteiger partial charge in [-0.3, -0.25) is 15.5 Å². The minimum Gasteiger partial charge on any atom is -0.435 e. The molecule has 0 amide bonds. The fourth-order valence-electron chi connectivity index (χ4n) is 2.77. The summed E-state index contributed by atoms with van der Waals surface area (Å²) in [5.41, 5.74) is 2.53. The first-order valence-corrected chi connectivity index (χ1v) is 10.4. The Bertz CT molecular complexity index is 1060. The van der Waals surface area contributed by atoms with Crippen molar-refractivity contribution in [3.63, 3.8) is 0 Å². The molecule has 1 fully saturated rings. The standard InChI is InChI=1S/C18H18F2N4O6S/c19-18(20)30-14-3-1-13(2-4-14)12-21-22-16-6-5-15(11-17(16)24(25)26)31(27,28)23-7-9-29-10-8-23/h1-6,11-12,18,22H,7-10H2/b21-12-. The van der Waals surface area contributed by atoms with E-state index in [-0.39, 0.29) is 42.6 Å². The van der Waals surface area contributed by atoms with Crippen LogP contribution in [0.3, 0.4) is 0 Å². The van der Waals surface area contributed by atoms with Gasteiger partial charge in [-0.05, 0) is 42.0 Å². The number of nitrogens with zero attached hydrogens (tertiary/aromatic N) is 3. The number of hydrogen-bond donors (Lipinski definition) is 1. The third kappa shape index (κ3) is 5.71. The van der Waals surface area contributed by atoms with Gasteiger partial charge in [0.15, 0.2) is 0 Å². The van der Waals surface area contributed by atoms with Gasteiger partial charge in [0.2, 0.25) is 10.0 Å². The van der Waals surface area contributed by atoms with Crippen LogP contribution in [0.4, 0.5) is 20.2 Å². The molecule has 0 spiro atoms. The summed E-state index contributed by atoms with van der Waals surface area (Å²) in [4.78, 5) is 10.5. The summed E-state index contributed by atoms with van der Waals surface area (Å²) in [7, 11) is -3.89. The first-order valence-electron chi connectivity index (χ1n) is 8.97. The fourth-order valence-corrected chi connectivity index (χ4v) is 4.19. The first-order chi connectivity index (χ1) is 14.8. The van der Waals surface area contributed by atoms with Crippen LogP contribution in [-0.2, 0) is 14.8 Å². The number of morpholine rings is 1. The van der Waals surface area contributed by atoms with E-state index in [4.69, 9.17) is 4.74 Å². The second kappa shape index (κ2) is 9.76. The van der Waals surface area contributed by atoms with E-state index < -0.39 is 27.2 Å². The summed E-state index contributed by atoms with van der Waals surface area (Å²) >= 11 is 0.